The molecule has 1 aromatic rings. The second-order valence-electron chi connectivity index (χ2n) is 9.75. The smallest absolute Gasteiger partial charge is 0.237 e. The fourth-order valence-corrected chi connectivity index (χ4v) is 4.49. The molecule has 1 unspecified atom stereocenters. The first kappa shape index (κ1) is 27.2. The molecule has 0 aliphatic rings. The van der Waals surface area contributed by atoms with Gasteiger partial charge in [0, 0.05) is 0 Å². The minimum atomic E-state index is 0.642. The topological polar surface area (TPSA) is 8.81 Å². The third-order valence-corrected chi connectivity index (χ3v) is 6.72. The van der Waals surface area contributed by atoms with Crippen molar-refractivity contribution in [2.24, 2.45) is 0 Å². The zero-order chi connectivity index (χ0) is 21.7. The van der Waals surface area contributed by atoms with E-state index in [-0.39, 0.29) is 0 Å². The van der Waals surface area contributed by atoms with Crippen molar-refractivity contribution in [3.05, 3.63) is 18.7 Å². The number of imidazole rings is 1. The van der Waals surface area contributed by atoms with Crippen LogP contribution in [-0.4, -0.2) is 4.57 Å². The number of nitrogens with zero attached hydrogens (tertiary/aromatic N) is 2. The highest BCUT2D eigenvalue weighted by atomic mass is 15.1. The summed E-state index contributed by atoms with van der Waals surface area (Å²) < 4.78 is 4.83. The van der Waals surface area contributed by atoms with Gasteiger partial charge >= 0.3 is 0 Å². The Labute approximate surface area is 189 Å². The molecule has 30 heavy (non-hydrogen) atoms. The number of rotatable bonds is 22. The Bertz CT molecular complexity index is 465. The van der Waals surface area contributed by atoms with Gasteiger partial charge in [-0.25, -0.2) is 9.13 Å². The van der Waals surface area contributed by atoms with Crippen molar-refractivity contribution in [3.8, 4) is 0 Å². The number of aromatic nitrogens is 2. The lowest BCUT2D eigenvalue weighted by Crippen LogP contribution is -2.31. The van der Waals surface area contributed by atoms with Crippen LogP contribution in [0.1, 0.15) is 155 Å². The van der Waals surface area contributed by atoms with Crippen LogP contribution in [0.3, 0.4) is 0 Å². The van der Waals surface area contributed by atoms with Crippen LogP contribution in [0.4, 0.5) is 0 Å². The fraction of sp³-hybridized carbons (Fsp3) is 0.893. The Morgan fingerprint density at radius 1 is 0.600 bits per heavy atom. The van der Waals surface area contributed by atoms with E-state index in [4.69, 9.17) is 0 Å². The zero-order valence-electron chi connectivity index (χ0n) is 21.1. The van der Waals surface area contributed by atoms with E-state index in [0.717, 1.165) is 0 Å². The van der Waals surface area contributed by atoms with Crippen LogP contribution in [0, 0.1) is 0 Å². The van der Waals surface area contributed by atoms with Crippen LogP contribution in [0.2, 0.25) is 0 Å². The van der Waals surface area contributed by atoms with Crippen molar-refractivity contribution in [1.82, 2.24) is 4.57 Å². The Hall–Kier alpha value is -0.790. The standard InChI is InChI=1S/C28H55N2/c1-4-6-8-10-12-13-14-15-16-18-20-22-24-29-25-26-30(27-29)28(3)23-21-19-17-11-9-7-5-2/h25-28H,4-24H2,1-3H3/q+1. The molecule has 176 valence electrons. The van der Waals surface area contributed by atoms with Gasteiger partial charge in [0.15, 0.2) is 0 Å². The van der Waals surface area contributed by atoms with Gasteiger partial charge in [-0.1, -0.05) is 117 Å². The molecule has 0 saturated heterocycles. The van der Waals surface area contributed by atoms with Gasteiger partial charge in [-0.2, -0.15) is 0 Å². The number of unbranched alkanes of at least 4 members (excludes halogenated alkanes) is 17. The van der Waals surface area contributed by atoms with E-state index in [1.807, 2.05) is 0 Å². The van der Waals surface area contributed by atoms with Gasteiger partial charge < -0.3 is 0 Å². The van der Waals surface area contributed by atoms with E-state index >= 15 is 0 Å². The zero-order valence-corrected chi connectivity index (χ0v) is 21.1. The van der Waals surface area contributed by atoms with E-state index in [1.165, 1.54) is 135 Å². The van der Waals surface area contributed by atoms with Gasteiger partial charge in [0.05, 0.1) is 12.6 Å². The molecule has 0 saturated carbocycles. The first-order valence-corrected chi connectivity index (χ1v) is 13.8. The SMILES string of the molecule is CCCCCCCCCCCCCC[n+]1ccn(C(C)CCCCCCCCC)c1. The number of hydrogen-bond acceptors (Lipinski definition) is 0. The van der Waals surface area contributed by atoms with Crippen LogP contribution < -0.4 is 4.57 Å². The molecule has 0 radical (unpaired) electrons. The van der Waals surface area contributed by atoms with Gasteiger partial charge in [-0.05, 0) is 32.6 Å². The van der Waals surface area contributed by atoms with E-state index in [9.17, 15) is 0 Å². The lowest BCUT2D eigenvalue weighted by atomic mass is 10.1. The Balaban J connectivity index is 1.95. The summed E-state index contributed by atoms with van der Waals surface area (Å²) >= 11 is 0. The maximum absolute atomic E-state index is 2.43. The molecule has 0 fully saturated rings. The van der Waals surface area contributed by atoms with E-state index in [1.54, 1.807) is 0 Å². The normalized spacial score (nSPS) is 12.5. The molecule has 1 rings (SSSR count). The predicted molar refractivity (Wildman–Crippen MR) is 133 cm³/mol. The van der Waals surface area contributed by atoms with E-state index < -0.39 is 0 Å². The van der Waals surface area contributed by atoms with Gasteiger partial charge in [-0.3, -0.25) is 0 Å². The van der Waals surface area contributed by atoms with Crippen molar-refractivity contribution in [2.45, 2.75) is 162 Å². The van der Waals surface area contributed by atoms with Crippen LogP contribution in [0.5, 0.6) is 0 Å². The molecular weight excluding hydrogens is 364 g/mol. The maximum Gasteiger partial charge on any atom is 0.243 e. The first-order valence-electron chi connectivity index (χ1n) is 13.8. The summed E-state index contributed by atoms with van der Waals surface area (Å²) in [6, 6.07) is 0.642. The molecule has 2 heteroatoms. The fourth-order valence-electron chi connectivity index (χ4n) is 4.49. The van der Waals surface area contributed by atoms with Crippen molar-refractivity contribution in [1.29, 1.82) is 0 Å². The Morgan fingerprint density at radius 2 is 1.03 bits per heavy atom. The summed E-state index contributed by atoms with van der Waals surface area (Å²) in [6.45, 7) is 8.16. The Morgan fingerprint density at radius 3 is 1.53 bits per heavy atom. The van der Waals surface area contributed by atoms with Gasteiger partial charge in [0.1, 0.15) is 12.4 Å². The van der Waals surface area contributed by atoms with E-state index in [2.05, 4.69) is 48.6 Å². The molecule has 0 spiro atoms. The van der Waals surface area contributed by atoms with Crippen molar-refractivity contribution in [3.63, 3.8) is 0 Å². The molecule has 0 bridgehead atoms. The van der Waals surface area contributed by atoms with Crippen LogP contribution in [0.15, 0.2) is 18.7 Å². The summed E-state index contributed by atoms with van der Waals surface area (Å²) in [5.41, 5.74) is 0. The first-order chi connectivity index (χ1) is 14.8. The third-order valence-electron chi connectivity index (χ3n) is 6.72. The average molecular weight is 420 g/mol. The molecule has 0 aromatic carbocycles. The summed E-state index contributed by atoms with van der Waals surface area (Å²) in [4.78, 5) is 0. The molecule has 0 amide bonds. The van der Waals surface area contributed by atoms with Crippen molar-refractivity contribution in [2.75, 3.05) is 0 Å². The second kappa shape index (κ2) is 20.1. The molecule has 0 aliphatic heterocycles. The largest absolute Gasteiger partial charge is 0.243 e. The minimum Gasteiger partial charge on any atom is -0.237 e. The van der Waals surface area contributed by atoms with E-state index in [0.29, 0.717) is 6.04 Å². The molecule has 1 atom stereocenters. The maximum atomic E-state index is 2.43. The lowest BCUT2D eigenvalue weighted by Gasteiger charge is -2.07. The summed E-state index contributed by atoms with van der Waals surface area (Å²) in [5, 5.41) is 0. The predicted octanol–water partition coefficient (Wildman–Crippen LogP) is 9.18. The average Bonchev–Trinajstić information content (AvgIpc) is 3.23. The number of aryl methyl sites for hydroxylation is 1. The van der Waals surface area contributed by atoms with Crippen molar-refractivity contribution >= 4 is 0 Å². The number of hydrogen-bond donors (Lipinski definition) is 0. The van der Waals surface area contributed by atoms with Crippen LogP contribution >= 0.6 is 0 Å². The molecule has 2 nitrogen and oxygen atoms in total. The summed E-state index contributed by atoms with van der Waals surface area (Å²) in [5.74, 6) is 0. The highest BCUT2D eigenvalue weighted by Crippen LogP contribution is 2.16. The van der Waals surface area contributed by atoms with Crippen molar-refractivity contribution < 1.29 is 4.57 Å². The molecule has 0 aliphatic carbocycles. The second-order valence-corrected chi connectivity index (χ2v) is 9.75. The van der Waals surface area contributed by atoms with Gasteiger partial charge in [0.2, 0.25) is 6.33 Å². The minimum absolute atomic E-state index is 0.642. The Kier molecular flexibility index (Phi) is 18.3. The molecular formula is C28H55N2+. The van der Waals surface area contributed by atoms with Gasteiger partial charge in [-0.15, -0.1) is 0 Å². The molecule has 1 heterocycles. The summed E-state index contributed by atoms with van der Waals surface area (Å²) in [6.07, 6.45) is 35.2. The quantitative estimate of drug-likeness (QED) is 0.131. The monoisotopic (exact) mass is 419 g/mol. The van der Waals surface area contributed by atoms with Gasteiger partial charge in [0.25, 0.3) is 0 Å². The highest BCUT2D eigenvalue weighted by Gasteiger charge is 2.11. The summed E-state index contributed by atoms with van der Waals surface area (Å²) in [7, 11) is 0. The lowest BCUT2D eigenvalue weighted by molar-refractivity contribution is -0.697. The van der Waals surface area contributed by atoms with Crippen LogP contribution in [0.25, 0.3) is 0 Å². The highest BCUT2D eigenvalue weighted by molar-refractivity contribution is 4.72. The third kappa shape index (κ3) is 15.1. The molecule has 1 aromatic heterocycles. The van der Waals surface area contributed by atoms with Crippen LogP contribution in [-0.2, 0) is 6.54 Å². The molecule has 0 N–H and O–H groups in total.